The van der Waals surface area contributed by atoms with Gasteiger partial charge < -0.3 is 5.73 Å². The third-order valence-electron chi connectivity index (χ3n) is 2.45. The number of nitrogens with two attached hydrogens (primary N) is 1. The van der Waals surface area contributed by atoms with E-state index in [9.17, 15) is 0 Å². The first-order valence-electron chi connectivity index (χ1n) is 5.66. The van der Waals surface area contributed by atoms with Crippen LogP contribution in [0.15, 0.2) is 33.6 Å². The molecule has 96 valence electrons. The summed E-state index contributed by atoms with van der Waals surface area (Å²) in [6.07, 6.45) is 0. The molecular formula is C13H15BrN2S2. The normalized spacial score (nSPS) is 12.7. The number of rotatable bonds is 4. The molecule has 1 heterocycles. The van der Waals surface area contributed by atoms with Crippen LogP contribution in [-0.2, 0) is 5.75 Å². The van der Waals surface area contributed by atoms with Gasteiger partial charge in [-0.2, -0.15) is 0 Å². The minimum atomic E-state index is 0.0760. The average Bonchev–Trinajstić information content (AvgIpc) is 2.68. The maximum Gasteiger partial charge on any atom is 0.103 e. The van der Waals surface area contributed by atoms with E-state index in [1.54, 1.807) is 23.1 Å². The first kappa shape index (κ1) is 14.1. The second-order valence-corrected chi connectivity index (χ2v) is 7.17. The minimum Gasteiger partial charge on any atom is -0.323 e. The zero-order chi connectivity index (χ0) is 13.1. The summed E-state index contributed by atoms with van der Waals surface area (Å²) < 4.78 is 1.11. The quantitative estimate of drug-likeness (QED) is 0.829. The zero-order valence-electron chi connectivity index (χ0n) is 10.3. The maximum absolute atomic E-state index is 5.91. The van der Waals surface area contributed by atoms with E-state index in [1.165, 1.54) is 9.77 Å². The van der Waals surface area contributed by atoms with Gasteiger partial charge in [0, 0.05) is 20.3 Å². The first-order valence-corrected chi connectivity index (χ1v) is 8.26. The van der Waals surface area contributed by atoms with Crippen LogP contribution >= 0.6 is 39.0 Å². The van der Waals surface area contributed by atoms with E-state index < -0.39 is 0 Å². The summed E-state index contributed by atoms with van der Waals surface area (Å²) in [5, 5.41) is 1.14. The van der Waals surface area contributed by atoms with Gasteiger partial charge >= 0.3 is 0 Å². The van der Waals surface area contributed by atoms with Gasteiger partial charge in [-0.05, 0) is 32.0 Å². The summed E-state index contributed by atoms with van der Waals surface area (Å²) in [6.45, 7) is 4.04. The molecule has 0 fully saturated rings. The minimum absolute atomic E-state index is 0.0760. The summed E-state index contributed by atoms with van der Waals surface area (Å²) >= 11 is 7.00. The average molecular weight is 343 g/mol. The number of aryl methyl sites for hydroxylation is 1. The molecule has 0 bridgehead atoms. The fourth-order valence-corrected chi connectivity index (χ4v) is 4.17. The number of nitrogens with zero attached hydrogens (tertiary/aromatic N) is 1. The Labute approximate surface area is 124 Å². The van der Waals surface area contributed by atoms with Crippen LogP contribution in [0.3, 0.4) is 0 Å². The molecule has 0 aliphatic heterocycles. The van der Waals surface area contributed by atoms with Crippen molar-refractivity contribution in [2.75, 3.05) is 0 Å². The highest BCUT2D eigenvalue weighted by molar-refractivity contribution is 9.10. The topological polar surface area (TPSA) is 38.9 Å². The van der Waals surface area contributed by atoms with E-state index in [0.29, 0.717) is 0 Å². The summed E-state index contributed by atoms with van der Waals surface area (Å²) in [5.74, 6) is 0.898. The maximum atomic E-state index is 5.91. The zero-order valence-corrected chi connectivity index (χ0v) is 13.5. The summed E-state index contributed by atoms with van der Waals surface area (Å²) in [6, 6.07) is 8.39. The number of halogens is 1. The van der Waals surface area contributed by atoms with Gasteiger partial charge in [0.05, 0.1) is 11.4 Å². The molecule has 0 saturated carbocycles. The van der Waals surface area contributed by atoms with E-state index in [0.717, 1.165) is 20.9 Å². The molecule has 1 atom stereocenters. The van der Waals surface area contributed by atoms with Gasteiger partial charge in [-0.15, -0.1) is 23.1 Å². The molecule has 0 radical (unpaired) electrons. The third-order valence-corrected chi connectivity index (χ3v) is 5.49. The lowest BCUT2D eigenvalue weighted by Gasteiger charge is -2.00. The van der Waals surface area contributed by atoms with Gasteiger partial charge in [0.15, 0.2) is 0 Å². The molecule has 0 saturated heterocycles. The van der Waals surface area contributed by atoms with Crippen LogP contribution in [0.25, 0.3) is 0 Å². The molecule has 2 aromatic rings. The number of hydrogen-bond donors (Lipinski definition) is 1. The van der Waals surface area contributed by atoms with Gasteiger partial charge in [-0.3, -0.25) is 0 Å². The summed E-state index contributed by atoms with van der Waals surface area (Å²) in [4.78, 5) is 7.02. The van der Waals surface area contributed by atoms with E-state index >= 15 is 0 Å². The van der Waals surface area contributed by atoms with Crippen LogP contribution in [-0.4, -0.2) is 4.98 Å². The molecule has 0 spiro atoms. The van der Waals surface area contributed by atoms with Gasteiger partial charge in [-0.25, -0.2) is 4.98 Å². The van der Waals surface area contributed by atoms with E-state index in [4.69, 9.17) is 5.73 Å². The lowest BCUT2D eigenvalue weighted by Crippen LogP contribution is -2.03. The number of thioether (sulfide) groups is 1. The van der Waals surface area contributed by atoms with Crippen molar-refractivity contribution >= 4 is 39.0 Å². The summed E-state index contributed by atoms with van der Waals surface area (Å²) in [5.41, 5.74) is 6.98. The highest BCUT2D eigenvalue weighted by atomic mass is 79.9. The van der Waals surface area contributed by atoms with Gasteiger partial charge in [-0.1, -0.05) is 22.0 Å². The Hall–Kier alpha value is -0.360. The molecule has 2 N–H and O–H groups in total. The first-order chi connectivity index (χ1) is 8.56. The highest BCUT2D eigenvalue weighted by Gasteiger charge is 2.11. The molecule has 18 heavy (non-hydrogen) atoms. The second kappa shape index (κ2) is 6.19. The predicted molar refractivity (Wildman–Crippen MR) is 83.2 cm³/mol. The Morgan fingerprint density at radius 1 is 1.50 bits per heavy atom. The Kier molecular flexibility index (Phi) is 4.84. The molecule has 0 aliphatic rings. The van der Waals surface area contributed by atoms with Crippen molar-refractivity contribution in [2.45, 2.75) is 30.5 Å². The van der Waals surface area contributed by atoms with E-state index in [-0.39, 0.29) is 6.04 Å². The van der Waals surface area contributed by atoms with Crippen LogP contribution in [0.5, 0.6) is 0 Å². The largest absolute Gasteiger partial charge is 0.323 e. The standard InChI is InChI=1S/C13H15BrN2S2/c1-8(15)13-9(2)16-12(18-13)7-17-11-5-3-4-10(14)6-11/h3-6,8H,7,15H2,1-2H3. The number of aromatic nitrogens is 1. The van der Waals surface area contributed by atoms with Crippen LogP contribution < -0.4 is 5.73 Å². The molecule has 1 aromatic carbocycles. The Balaban J connectivity index is 2.04. The number of benzene rings is 1. The van der Waals surface area contributed by atoms with E-state index in [2.05, 4.69) is 33.0 Å². The van der Waals surface area contributed by atoms with Crippen LogP contribution in [0.4, 0.5) is 0 Å². The van der Waals surface area contributed by atoms with Crippen molar-refractivity contribution in [2.24, 2.45) is 5.73 Å². The Bertz CT molecular complexity index is 538. The lowest BCUT2D eigenvalue weighted by atomic mass is 10.2. The van der Waals surface area contributed by atoms with Crippen molar-refractivity contribution in [1.82, 2.24) is 4.98 Å². The van der Waals surface area contributed by atoms with Crippen LogP contribution in [0.1, 0.15) is 28.5 Å². The van der Waals surface area contributed by atoms with Gasteiger partial charge in [0.25, 0.3) is 0 Å². The molecule has 1 aromatic heterocycles. The molecular weight excluding hydrogens is 328 g/mol. The Morgan fingerprint density at radius 2 is 2.28 bits per heavy atom. The molecule has 0 amide bonds. The molecule has 0 aliphatic carbocycles. The third kappa shape index (κ3) is 3.57. The van der Waals surface area contributed by atoms with Crippen molar-refractivity contribution in [3.05, 3.63) is 44.3 Å². The predicted octanol–water partition coefficient (Wildman–Crippen LogP) is 4.53. The van der Waals surface area contributed by atoms with Gasteiger partial charge in [0.2, 0.25) is 0 Å². The summed E-state index contributed by atoms with van der Waals surface area (Å²) in [7, 11) is 0. The second-order valence-electron chi connectivity index (χ2n) is 4.09. The Morgan fingerprint density at radius 3 is 2.89 bits per heavy atom. The van der Waals surface area contributed by atoms with E-state index in [1.807, 2.05) is 26.0 Å². The van der Waals surface area contributed by atoms with Crippen molar-refractivity contribution < 1.29 is 0 Å². The molecule has 2 nitrogen and oxygen atoms in total. The fourth-order valence-electron chi connectivity index (χ4n) is 1.65. The monoisotopic (exact) mass is 342 g/mol. The molecule has 2 rings (SSSR count). The number of thiazole rings is 1. The van der Waals surface area contributed by atoms with Crippen LogP contribution in [0, 0.1) is 6.92 Å². The number of hydrogen-bond acceptors (Lipinski definition) is 4. The smallest absolute Gasteiger partial charge is 0.103 e. The lowest BCUT2D eigenvalue weighted by molar-refractivity contribution is 0.825. The van der Waals surface area contributed by atoms with Gasteiger partial charge in [0.1, 0.15) is 5.01 Å². The van der Waals surface area contributed by atoms with Crippen molar-refractivity contribution in [3.63, 3.8) is 0 Å². The highest BCUT2D eigenvalue weighted by Crippen LogP contribution is 2.30. The van der Waals surface area contributed by atoms with Crippen molar-refractivity contribution in [3.8, 4) is 0 Å². The van der Waals surface area contributed by atoms with Crippen molar-refractivity contribution in [1.29, 1.82) is 0 Å². The fraction of sp³-hybridized carbons (Fsp3) is 0.308. The SMILES string of the molecule is Cc1nc(CSc2cccc(Br)c2)sc1C(C)N. The van der Waals surface area contributed by atoms with Crippen LogP contribution in [0.2, 0.25) is 0 Å². The molecule has 1 unspecified atom stereocenters. The molecule has 5 heteroatoms.